The predicted molar refractivity (Wildman–Crippen MR) is 164 cm³/mol. The molecule has 3 amide bonds. The summed E-state index contributed by atoms with van der Waals surface area (Å²) in [4.78, 5) is 45.0. The lowest BCUT2D eigenvalue weighted by atomic mass is 10.1. The first-order chi connectivity index (χ1) is 20.5. The number of rotatable bonds is 9. The van der Waals surface area contributed by atoms with Crippen LogP contribution in [0.3, 0.4) is 0 Å². The minimum absolute atomic E-state index is 0.0976. The number of hydrogen-bond donors (Lipinski definition) is 2. The summed E-state index contributed by atoms with van der Waals surface area (Å²) in [5, 5.41) is 6.07. The van der Waals surface area contributed by atoms with Crippen LogP contribution in [0.5, 0.6) is 0 Å². The monoisotopic (exact) mass is 600 g/mol. The number of ether oxygens (including phenoxy) is 1. The summed E-state index contributed by atoms with van der Waals surface area (Å²) >= 11 is 7.42. The Balaban J connectivity index is 1.24. The van der Waals surface area contributed by atoms with Crippen molar-refractivity contribution in [3.05, 3.63) is 131 Å². The van der Waals surface area contributed by atoms with Crippen molar-refractivity contribution >= 4 is 47.0 Å². The van der Waals surface area contributed by atoms with Gasteiger partial charge in [-0.1, -0.05) is 66.2 Å². The van der Waals surface area contributed by atoms with Crippen molar-refractivity contribution in [3.63, 3.8) is 0 Å². The van der Waals surface area contributed by atoms with Crippen molar-refractivity contribution in [2.24, 2.45) is 0 Å². The van der Waals surface area contributed by atoms with E-state index in [9.17, 15) is 14.4 Å². The molecule has 8 nitrogen and oxygen atoms in total. The van der Waals surface area contributed by atoms with E-state index >= 15 is 0 Å². The zero-order chi connectivity index (χ0) is 29.3. The fourth-order valence-electron chi connectivity index (χ4n) is 4.55. The molecule has 5 rings (SSSR count). The fraction of sp³-hybridized carbons (Fsp3) is 0.188. The van der Waals surface area contributed by atoms with Gasteiger partial charge in [-0.25, -0.2) is 4.79 Å². The van der Waals surface area contributed by atoms with E-state index < -0.39 is 17.5 Å². The standard InChI is InChI=1S/C32H29ClN4O4S/c33-26-11-9-22(10-12-26)19-35-29(38)18-24-7-4-8-27(17-24)36-30(39)28-21-42-31(25-13-15-34-16-14-25)37(28)32(40)41-20-23-5-2-1-3-6-23/h1-17,28,31H,18-21H2,(H,35,38)(H,36,39)/t28-,31?/m0/s1. The third kappa shape index (κ3) is 7.69. The molecule has 1 aliphatic heterocycles. The molecule has 0 aliphatic carbocycles. The number of hydrogen-bond acceptors (Lipinski definition) is 6. The molecule has 0 saturated carbocycles. The van der Waals surface area contributed by atoms with Gasteiger partial charge in [-0.3, -0.25) is 19.5 Å². The van der Waals surface area contributed by atoms with Crippen molar-refractivity contribution < 1.29 is 19.1 Å². The molecule has 0 bridgehead atoms. The molecule has 42 heavy (non-hydrogen) atoms. The Labute approximate surface area is 253 Å². The van der Waals surface area contributed by atoms with Gasteiger partial charge in [0.2, 0.25) is 11.8 Å². The number of aromatic nitrogens is 1. The van der Waals surface area contributed by atoms with E-state index in [1.165, 1.54) is 16.7 Å². The second kappa shape index (κ2) is 14.0. The highest BCUT2D eigenvalue weighted by atomic mass is 35.5. The minimum atomic E-state index is -0.761. The van der Waals surface area contributed by atoms with E-state index in [-0.39, 0.29) is 24.8 Å². The van der Waals surface area contributed by atoms with Crippen LogP contribution in [-0.4, -0.2) is 39.6 Å². The Bertz CT molecular complexity index is 1520. The van der Waals surface area contributed by atoms with Crippen LogP contribution < -0.4 is 10.6 Å². The number of benzene rings is 3. The molecular formula is C32H29ClN4O4S. The molecule has 3 aromatic carbocycles. The highest BCUT2D eigenvalue weighted by Gasteiger charge is 2.43. The van der Waals surface area contributed by atoms with Gasteiger partial charge in [0, 0.05) is 35.4 Å². The van der Waals surface area contributed by atoms with Crippen molar-refractivity contribution in [3.8, 4) is 0 Å². The summed E-state index contributed by atoms with van der Waals surface area (Å²) < 4.78 is 5.65. The first-order valence-electron chi connectivity index (χ1n) is 13.4. The molecule has 0 radical (unpaired) electrons. The third-order valence-electron chi connectivity index (χ3n) is 6.67. The maximum Gasteiger partial charge on any atom is 0.412 e. The molecule has 1 fully saturated rings. The molecule has 2 heterocycles. The van der Waals surface area contributed by atoms with E-state index in [4.69, 9.17) is 16.3 Å². The first kappa shape index (κ1) is 29.2. The van der Waals surface area contributed by atoms with Crippen molar-refractivity contribution in [2.45, 2.75) is 31.0 Å². The summed E-state index contributed by atoms with van der Waals surface area (Å²) in [6.07, 6.45) is 2.90. The maximum atomic E-state index is 13.5. The minimum Gasteiger partial charge on any atom is -0.444 e. The van der Waals surface area contributed by atoms with Crippen LogP contribution in [0.15, 0.2) is 103 Å². The summed E-state index contributed by atoms with van der Waals surface area (Å²) in [5.41, 5.74) is 3.94. The SMILES string of the molecule is O=C(Cc1cccc(NC(=O)[C@@H]2CSC(c3ccncc3)N2C(=O)OCc2ccccc2)c1)NCc1ccc(Cl)cc1. The van der Waals surface area contributed by atoms with Crippen LogP contribution in [0.2, 0.25) is 5.02 Å². The molecule has 4 aromatic rings. The molecule has 2 atom stereocenters. The molecule has 10 heteroatoms. The summed E-state index contributed by atoms with van der Waals surface area (Å²) in [6, 6.07) is 26.7. The molecule has 2 N–H and O–H groups in total. The van der Waals surface area contributed by atoms with Crippen molar-refractivity contribution in [1.82, 2.24) is 15.2 Å². The second-order valence-electron chi connectivity index (χ2n) is 9.70. The van der Waals surface area contributed by atoms with Crippen LogP contribution in [0.4, 0.5) is 10.5 Å². The third-order valence-corrected chi connectivity index (χ3v) is 8.25. The topological polar surface area (TPSA) is 101 Å². The van der Waals surface area contributed by atoms with Gasteiger partial charge in [-0.05, 0) is 58.7 Å². The van der Waals surface area contributed by atoms with Gasteiger partial charge < -0.3 is 15.4 Å². The molecular weight excluding hydrogens is 572 g/mol. The maximum absolute atomic E-state index is 13.5. The van der Waals surface area contributed by atoms with E-state index in [1.54, 1.807) is 42.7 Å². The summed E-state index contributed by atoms with van der Waals surface area (Å²) in [6.45, 7) is 0.487. The van der Waals surface area contributed by atoms with E-state index in [1.807, 2.05) is 60.7 Å². The molecule has 1 unspecified atom stereocenters. The van der Waals surface area contributed by atoms with Crippen LogP contribution in [-0.2, 0) is 33.9 Å². The lowest BCUT2D eigenvalue weighted by molar-refractivity contribution is -0.121. The number of carbonyl (C=O) groups excluding carboxylic acids is 3. The number of halogens is 1. The van der Waals surface area contributed by atoms with E-state index in [0.29, 0.717) is 23.0 Å². The fourth-order valence-corrected chi connectivity index (χ4v) is 6.09. The zero-order valence-corrected chi connectivity index (χ0v) is 24.2. The van der Waals surface area contributed by atoms with Gasteiger partial charge in [-0.2, -0.15) is 0 Å². The number of carbonyl (C=O) groups is 3. The average Bonchev–Trinajstić information content (AvgIpc) is 3.46. The van der Waals surface area contributed by atoms with Crippen LogP contribution in [0, 0.1) is 0 Å². The number of thioether (sulfide) groups is 1. The van der Waals surface area contributed by atoms with E-state index in [0.717, 1.165) is 22.3 Å². The van der Waals surface area contributed by atoms with Crippen LogP contribution >= 0.6 is 23.4 Å². The highest BCUT2D eigenvalue weighted by molar-refractivity contribution is 7.99. The number of amides is 3. The lowest BCUT2D eigenvalue weighted by Gasteiger charge is -2.28. The van der Waals surface area contributed by atoms with Crippen molar-refractivity contribution in [1.29, 1.82) is 0 Å². The first-order valence-corrected chi connectivity index (χ1v) is 14.8. The average molecular weight is 601 g/mol. The quantitative estimate of drug-likeness (QED) is 0.245. The molecule has 1 aliphatic rings. The number of pyridine rings is 1. The van der Waals surface area contributed by atoms with Crippen LogP contribution in [0.25, 0.3) is 0 Å². The van der Waals surface area contributed by atoms with Gasteiger partial charge in [0.15, 0.2) is 0 Å². The highest BCUT2D eigenvalue weighted by Crippen LogP contribution is 2.42. The van der Waals surface area contributed by atoms with Gasteiger partial charge in [0.05, 0.1) is 6.42 Å². The lowest BCUT2D eigenvalue weighted by Crippen LogP contribution is -2.45. The molecule has 1 aromatic heterocycles. The Hall–Kier alpha value is -4.34. The zero-order valence-electron chi connectivity index (χ0n) is 22.6. The second-order valence-corrected chi connectivity index (χ2v) is 11.2. The molecule has 1 saturated heterocycles. The summed E-state index contributed by atoms with van der Waals surface area (Å²) in [7, 11) is 0. The normalized spacial score (nSPS) is 16.1. The predicted octanol–water partition coefficient (Wildman–Crippen LogP) is 5.99. The smallest absolute Gasteiger partial charge is 0.412 e. The van der Waals surface area contributed by atoms with Gasteiger partial charge in [-0.15, -0.1) is 11.8 Å². The summed E-state index contributed by atoms with van der Waals surface area (Å²) in [5.74, 6) is -0.0836. The van der Waals surface area contributed by atoms with Gasteiger partial charge in [0.1, 0.15) is 18.0 Å². The van der Waals surface area contributed by atoms with E-state index in [2.05, 4.69) is 15.6 Å². The van der Waals surface area contributed by atoms with Crippen LogP contribution in [0.1, 0.15) is 27.6 Å². The molecule has 0 spiro atoms. The largest absolute Gasteiger partial charge is 0.444 e. The Morgan fingerprint density at radius 1 is 0.905 bits per heavy atom. The number of nitrogens with one attached hydrogen (secondary N) is 2. The number of nitrogens with zero attached hydrogens (tertiary/aromatic N) is 2. The molecule has 214 valence electrons. The Kier molecular flexibility index (Phi) is 9.74. The van der Waals surface area contributed by atoms with Gasteiger partial charge >= 0.3 is 6.09 Å². The van der Waals surface area contributed by atoms with Gasteiger partial charge in [0.25, 0.3) is 0 Å². The number of anilines is 1. The Morgan fingerprint density at radius 3 is 2.40 bits per heavy atom. The van der Waals surface area contributed by atoms with Crippen molar-refractivity contribution in [2.75, 3.05) is 11.1 Å². The Morgan fingerprint density at radius 2 is 1.64 bits per heavy atom.